The summed E-state index contributed by atoms with van der Waals surface area (Å²) in [5, 5.41) is 0. The highest BCUT2D eigenvalue weighted by Crippen LogP contribution is 2.20. The van der Waals surface area contributed by atoms with E-state index in [1.165, 1.54) is 5.56 Å². The fourth-order valence-corrected chi connectivity index (χ4v) is 3.74. The Kier molecular flexibility index (Phi) is 7.68. The number of rotatable bonds is 10. The van der Waals surface area contributed by atoms with Gasteiger partial charge in [0.1, 0.15) is 0 Å². The van der Waals surface area contributed by atoms with Crippen LogP contribution in [0.25, 0.3) is 0 Å². The Morgan fingerprint density at radius 1 is 1.33 bits per heavy atom. The summed E-state index contributed by atoms with van der Waals surface area (Å²) in [6, 6.07) is 7.15. The molecule has 2 unspecified atom stereocenters. The van der Waals surface area contributed by atoms with Crippen LogP contribution in [0.15, 0.2) is 29.2 Å². The van der Waals surface area contributed by atoms with Gasteiger partial charge in [0, 0.05) is 19.8 Å². The van der Waals surface area contributed by atoms with E-state index in [-0.39, 0.29) is 6.10 Å². The van der Waals surface area contributed by atoms with Crippen molar-refractivity contribution >= 4 is 10.0 Å². The molecule has 2 atom stereocenters. The number of sulfonamides is 1. The Hall–Kier alpha value is -0.950. The molecule has 1 heterocycles. The van der Waals surface area contributed by atoms with Crippen molar-refractivity contribution in [2.24, 2.45) is 0 Å². The van der Waals surface area contributed by atoms with Gasteiger partial charge in [-0.2, -0.15) is 0 Å². The van der Waals surface area contributed by atoms with E-state index in [0.717, 1.165) is 25.9 Å². The lowest BCUT2D eigenvalue weighted by Crippen LogP contribution is -2.26. The van der Waals surface area contributed by atoms with Crippen molar-refractivity contribution in [3.8, 4) is 0 Å². The second-order valence-electron chi connectivity index (χ2n) is 6.34. The van der Waals surface area contributed by atoms with Crippen molar-refractivity contribution in [3.63, 3.8) is 0 Å². The van der Waals surface area contributed by atoms with E-state index in [1.54, 1.807) is 12.1 Å². The van der Waals surface area contributed by atoms with Crippen molar-refractivity contribution in [1.29, 1.82) is 0 Å². The molecule has 0 aromatic heterocycles. The first-order valence-electron chi connectivity index (χ1n) is 8.82. The SMILES string of the molecule is CCC(C)c1ccc(S(=O)(=O)NCCCOCC2CCCO2)cc1. The van der Waals surface area contributed by atoms with E-state index >= 15 is 0 Å². The zero-order valence-corrected chi connectivity index (χ0v) is 15.5. The molecule has 2 rings (SSSR count). The molecule has 0 radical (unpaired) electrons. The van der Waals surface area contributed by atoms with E-state index < -0.39 is 10.0 Å². The van der Waals surface area contributed by atoms with Crippen LogP contribution in [0.1, 0.15) is 51.0 Å². The van der Waals surface area contributed by atoms with E-state index in [1.807, 2.05) is 12.1 Å². The van der Waals surface area contributed by atoms with E-state index in [2.05, 4.69) is 18.6 Å². The van der Waals surface area contributed by atoms with Gasteiger partial charge in [0.2, 0.25) is 10.0 Å². The highest BCUT2D eigenvalue weighted by Gasteiger charge is 2.16. The molecule has 0 spiro atoms. The molecule has 0 saturated carbocycles. The Balaban J connectivity index is 1.70. The molecular weight excluding hydrogens is 326 g/mol. The molecule has 0 amide bonds. The van der Waals surface area contributed by atoms with Gasteiger partial charge in [0.15, 0.2) is 0 Å². The van der Waals surface area contributed by atoms with Crippen molar-refractivity contribution in [2.45, 2.75) is 56.4 Å². The van der Waals surface area contributed by atoms with Crippen LogP contribution < -0.4 is 4.72 Å². The van der Waals surface area contributed by atoms with Crippen LogP contribution in [-0.2, 0) is 19.5 Å². The van der Waals surface area contributed by atoms with E-state index in [9.17, 15) is 8.42 Å². The van der Waals surface area contributed by atoms with Crippen molar-refractivity contribution < 1.29 is 17.9 Å². The van der Waals surface area contributed by atoms with Crippen LogP contribution in [0.3, 0.4) is 0 Å². The highest BCUT2D eigenvalue weighted by atomic mass is 32.2. The first-order chi connectivity index (χ1) is 11.5. The number of ether oxygens (including phenoxy) is 2. The van der Waals surface area contributed by atoms with Gasteiger partial charge in [-0.05, 0) is 49.3 Å². The number of hydrogen-bond acceptors (Lipinski definition) is 4. The minimum absolute atomic E-state index is 0.214. The van der Waals surface area contributed by atoms with Crippen molar-refractivity contribution in [1.82, 2.24) is 4.72 Å². The highest BCUT2D eigenvalue weighted by molar-refractivity contribution is 7.89. The fraction of sp³-hybridized carbons (Fsp3) is 0.667. The average molecular weight is 356 g/mol. The first-order valence-corrected chi connectivity index (χ1v) is 10.3. The Labute approximate surface area is 145 Å². The molecule has 24 heavy (non-hydrogen) atoms. The molecule has 1 aromatic carbocycles. The summed E-state index contributed by atoms with van der Waals surface area (Å²) in [7, 11) is -3.44. The van der Waals surface area contributed by atoms with Gasteiger partial charge >= 0.3 is 0 Å². The molecule has 1 aliphatic rings. The fourth-order valence-electron chi connectivity index (χ4n) is 2.67. The van der Waals surface area contributed by atoms with E-state index in [4.69, 9.17) is 9.47 Å². The van der Waals surface area contributed by atoms with Crippen molar-refractivity contribution in [2.75, 3.05) is 26.4 Å². The van der Waals surface area contributed by atoms with Gasteiger partial charge in [0.25, 0.3) is 0 Å². The van der Waals surface area contributed by atoms with Crippen LogP contribution in [0.4, 0.5) is 0 Å². The summed E-state index contributed by atoms with van der Waals surface area (Å²) in [6.07, 6.45) is 4.06. The second kappa shape index (κ2) is 9.51. The minimum Gasteiger partial charge on any atom is -0.379 e. The quantitative estimate of drug-likeness (QED) is 0.655. The Morgan fingerprint density at radius 3 is 2.71 bits per heavy atom. The second-order valence-corrected chi connectivity index (χ2v) is 8.11. The number of hydrogen-bond donors (Lipinski definition) is 1. The van der Waals surface area contributed by atoms with Gasteiger partial charge in [-0.15, -0.1) is 0 Å². The maximum Gasteiger partial charge on any atom is 0.240 e. The third-order valence-corrected chi connectivity index (χ3v) is 5.93. The van der Waals surface area contributed by atoms with Crippen LogP contribution in [0.5, 0.6) is 0 Å². The number of nitrogens with one attached hydrogen (secondary N) is 1. The molecule has 1 saturated heterocycles. The molecule has 136 valence electrons. The monoisotopic (exact) mass is 355 g/mol. The summed E-state index contributed by atoms with van der Waals surface area (Å²) in [6.45, 7) is 6.60. The molecule has 1 N–H and O–H groups in total. The lowest BCUT2D eigenvalue weighted by molar-refractivity contribution is 0.0169. The number of benzene rings is 1. The maximum absolute atomic E-state index is 12.3. The molecule has 5 nitrogen and oxygen atoms in total. The minimum atomic E-state index is -3.44. The van der Waals surface area contributed by atoms with Gasteiger partial charge in [-0.1, -0.05) is 26.0 Å². The molecule has 1 fully saturated rings. The lowest BCUT2D eigenvalue weighted by atomic mass is 9.99. The molecule has 0 bridgehead atoms. The van der Waals surface area contributed by atoms with Gasteiger partial charge in [-0.25, -0.2) is 13.1 Å². The Bertz CT molecular complexity index is 580. The summed E-state index contributed by atoms with van der Waals surface area (Å²) in [4.78, 5) is 0.315. The Morgan fingerprint density at radius 2 is 2.08 bits per heavy atom. The normalized spacial score (nSPS) is 19.5. The predicted molar refractivity (Wildman–Crippen MR) is 94.7 cm³/mol. The first kappa shape index (κ1) is 19.4. The predicted octanol–water partition coefficient (Wildman–Crippen LogP) is 3.06. The summed E-state index contributed by atoms with van der Waals surface area (Å²) in [5.41, 5.74) is 1.17. The average Bonchev–Trinajstić information content (AvgIpc) is 3.10. The molecule has 1 aliphatic heterocycles. The largest absolute Gasteiger partial charge is 0.379 e. The molecule has 1 aromatic rings. The zero-order valence-electron chi connectivity index (χ0n) is 14.7. The smallest absolute Gasteiger partial charge is 0.240 e. The lowest BCUT2D eigenvalue weighted by Gasteiger charge is -2.12. The third kappa shape index (κ3) is 5.84. The van der Waals surface area contributed by atoms with Crippen LogP contribution in [-0.4, -0.2) is 40.9 Å². The summed E-state index contributed by atoms with van der Waals surface area (Å²) < 4.78 is 38.1. The standard InChI is InChI=1S/C18H29NO4S/c1-3-15(2)16-7-9-18(10-8-16)24(20,21)19-11-5-12-22-14-17-6-4-13-23-17/h7-10,15,17,19H,3-6,11-14H2,1-2H3. The summed E-state index contributed by atoms with van der Waals surface area (Å²) in [5.74, 6) is 0.440. The van der Waals surface area contributed by atoms with Gasteiger partial charge in [0.05, 0.1) is 17.6 Å². The van der Waals surface area contributed by atoms with Crippen LogP contribution in [0, 0.1) is 0 Å². The van der Waals surface area contributed by atoms with E-state index in [0.29, 0.717) is 37.0 Å². The maximum atomic E-state index is 12.3. The topological polar surface area (TPSA) is 64.6 Å². The van der Waals surface area contributed by atoms with Crippen LogP contribution >= 0.6 is 0 Å². The van der Waals surface area contributed by atoms with Gasteiger partial charge < -0.3 is 9.47 Å². The van der Waals surface area contributed by atoms with Crippen molar-refractivity contribution in [3.05, 3.63) is 29.8 Å². The molecule has 6 heteroatoms. The van der Waals surface area contributed by atoms with Crippen LogP contribution in [0.2, 0.25) is 0 Å². The molecule has 0 aliphatic carbocycles. The van der Waals surface area contributed by atoms with Gasteiger partial charge in [-0.3, -0.25) is 0 Å². The summed E-state index contributed by atoms with van der Waals surface area (Å²) >= 11 is 0. The third-order valence-electron chi connectivity index (χ3n) is 4.46. The molecular formula is C18H29NO4S. The zero-order chi connectivity index (χ0) is 17.4.